The zero-order chi connectivity index (χ0) is 9.30. The summed E-state index contributed by atoms with van der Waals surface area (Å²) in [7, 11) is 0. The fourth-order valence-corrected chi connectivity index (χ4v) is 1.15. The molecule has 0 radical (unpaired) electrons. The Balaban J connectivity index is 3.33. The van der Waals surface area contributed by atoms with Crippen LogP contribution in [0.4, 0.5) is 14.6 Å². The molecular weight excluding hydrogens is 186 g/mol. The van der Waals surface area contributed by atoms with Gasteiger partial charge >= 0.3 is 0 Å². The standard InChI is InChI=1S/C7H7ClF2N2/c1-3-5(6(9)10)4(8)2-12-7(3)11/h2,6H,1H3,(H2,11,12). The average Bonchev–Trinajstić information content (AvgIpc) is 1.97. The third kappa shape index (κ3) is 1.48. The summed E-state index contributed by atoms with van der Waals surface area (Å²) in [4.78, 5) is 3.63. The quantitative estimate of drug-likeness (QED) is 0.743. The molecule has 1 aromatic heterocycles. The van der Waals surface area contributed by atoms with Crippen LogP contribution in [0.15, 0.2) is 6.20 Å². The molecule has 1 aromatic rings. The number of nitrogens with zero attached hydrogens (tertiary/aromatic N) is 1. The van der Waals surface area contributed by atoms with Gasteiger partial charge in [-0.15, -0.1) is 0 Å². The van der Waals surface area contributed by atoms with Crippen LogP contribution in [-0.2, 0) is 0 Å². The molecule has 0 fully saturated rings. The fraction of sp³-hybridized carbons (Fsp3) is 0.286. The van der Waals surface area contributed by atoms with Crippen molar-refractivity contribution >= 4 is 17.4 Å². The number of anilines is 1. The van der Waals surface area contributed by atoms with Crippen LogP contribution in [0.5, 0.6) is 0 Å². The monoisotopic (exact) mass is 192 g/mol. The molecule has 0 saturated carbocycles. The van der Waals surface area contributed by atoms with E-state index in [0.29, 0.717) is 0 Å². The number of hydrogen-bond acceptors (Lipinski definition) is 2. The molecule has 0 atom stereocenters. The summed E-state index contributed by atoms with van der Waals surface area (Å²) >= 11 is 5.50. The molecule has 66 valence electrons. The zero-order valence-corrected chi connectivity index (χ0v) is 7.07. The Hall–Kier alpha value is -0.900. The molecule has 0 bridgehead atoms. The molecule has 0 amide bonds. The van der Waals surface area contributed by atoms with Crippen molar-refractivity contribution in [3.05, 3.63) is 22.3 Å². The second-order valence-corrected chi connectivity index (χ2v) is 2.74. The lowest BCUT2D eigenvalue weighted by molar-refractivity contribution is 0.150. The van der Waals surface area contributed by atoms with Crippen molar-refractivity contribution in [3.8, 4) is 0 Å². The molecule has 0 aliphatic carbocycles. The minimum Gasteiger partial charge on any atom is -0.383 e. The topological polar surface area (TPSA) is 38.9 Å². The number of aromatic nitrogens is 1. The number of hydrogen-bond donors (Lipinski definition) is 1. The Kier molecular flexibility index (Phi) is 2.47. The van der Waals surface area contributed by atoms with E-state index in [-0.39, 0.29) is 22.0 Å². The summed E-state index contributed by atoms with van der Waals surface area (Å²) in [6.45, 7) is 1.47. The molecule has 12 heavy (non-hydrogen) atoms. The normalized spacial score (nSPS) is 10.8. The van der Waals surface area contributed by atoms with Crippen LogP contribution in [-0.4, -0.2) is 4.98 Å². The zero-order valence-electron chi connectivity index (χ0n) is 6.31. The Bertz CT molecular complexity index is 302. The second kappa shape index (κ2) is 3.23. The van der Waals surface area contributed by atoms with E-state index >= 15 is 0 Å². The smallest absolute Gasteiger partial charge is 0.265 e. The lowest BCUT2D eigenvalue weighted by atomic mass is 10.1. The summed E-state index contributed by atoms with van der Waals surface area (Å²) in [6, 6.07) is 0. The van der Waals surface area contributed by atoms with Crippen molar-refractivity contribution in [1.82, 2.24) is 4.98 Å². The van der Waals surface area contributed by atoms with Crippen LogP contribution < -0.4 is 5.73 Å². The fourth-order valence-electron chi connectivity index (χ4n) is 0.878. The lowest BCUT2D eigenvalue weighted by Gasteiger charge is -2.07. The van der Waals surface area contributed by atoms with Gasteiger partial charge in [0.15, 0.2) is 0 Å². The highest BCUT2D eigenvalue weighted by Gasteiger charge is 2.16. The van der Waals surface area contributed by atoms with Gasteiger partial charge < -0.3 is 5.73 Å². The molecule has 0 aliphatic rings. The van der Waals surface area contributed by atoms with Crippen molar-refractivity contribution < 1.29 is 8.78 Å². The molecule has 2 nitrogen and oxygen atoms in total. The molecule has 5 heteroatoms. The summed E-state index contributed by atoms with van der Waals surface area (Å²) in [6.07, 6.45) is -1.48. The Labute approximate surface area is 73.4 Å². The SMILES string of the molecule is Cc1c(N)ncc(Cl)c1C(F)F. The van der Waals surface area contributed by atoms with Gasteiger partial charge in [0, 0.05) is 17.3 Å². The highest BCUT2D eigenvalue weighted by Crippen LogP contribution is 2.31. The van der Waals surface area contributed by atoms with Crippen LogP contribution in [0, 0.1) is 6.92 Å². The third-order valence-corrected chi connectivity index (χ3v) is 1.88. The lowest BCUT2D eigenvalue weighted by Crippen LogP contribution is -1.99. The van der Waals surface area contributed by atoms with Crippen molar-refractivity contribution in [2.75, 3.05) is 5.73 Å². The van der Waals surface area contributed by atoms with Crippen LogP contribution in [0.25, 0.3) is 0 Å². The second-order valence-electron chi connectivity index (χ2n) is 2.33. The van der Waals surface area contributed by atoms with Gasteiger partial charge in [0.1, 0.15) is 5.82 Å². The van der Waals surface area contributed by atoms with Gasteiger partial charge in [-0.2, -0.15) is 0 Å². The molecule has 0 aromatic carbocycles. The van der Waals surface area contributed by atoms with Crippen LogP contribution in [0.3, 0.4) is 0 Å². The number of halogens is 3. The van der Waals surface area contributed by atoms with Gasteiger partial charge in [0.25, 0.3) is 6.43 Å². The summed E-state index contributed by atoms with van der Waals surface area (Å²) < 4.78 is 24.6. The highest BCUT2D eigenvalue weighted by molar-refractivity contribution is 6.31. The first-order chi connectivity index (χ1) is 5.54. The van der Waals surface area contributed by atoms with Crippen molar-refractivity contribution in [3.63, 3.8) is 0 Å². The highest BCUT2D eigenvalue weighted by atomic mass is 35.5. The molecule has 1 heterocycles. The molecule has 0 spiro atoms. The number of pyridine rings is 1. The van der Waals surface area contributed by atoms with E-state index in [1.54, 1.807) is 0 Å². The predicted molar refractivity (Wildman–Crippen MR) is 43.4 cm³/mol. The summed E-state index contributed by atoms with van der Waals surface area (Å²) in [5.41, 5.74) is 5.34. The van der Waals surface area contributed by atoms with E-state index in [2.05, 4.69) is 4.98 Å². The van der Waals surface area contributed by atoms with Crippen LogP contribution >= 0.6 is 11.6 Å². The number of nitrogens with two attached hydrogens (primary N) is 1. The third-order valence-electron chi connectivity index (χ3n) is 1.58. The van der Waals surface area contributed by atoms with E-state index in [4.69, 9.17) is 17.3 Å². The molecule has 0 aliphatic heterocycles. The Morgan fingerprint density at radius 2 is 2.17 bits per heavy atom. The summed E-state index contributed by atoms with van der Waals surface area (Å²) in [5, 5.41) is -0.0447. The van der Waals surface area contributed by atoms with Gasteiger partial charge in [-0.25, -0.2) is 13.8 Å². The molecule has 0 unspecified atom stereocenters. The Morgan fingerprint density at radius 1 is 1.58 bits per heavy atom. The van der Waals surface area contributed by atoms with E-state index in [0.717, 1.165) is 6.20 Å². The van der Waals surface area contributed by atoms with Gasteiger partial charge in [0.05, 0.1) is 5.02 Å². The predicted octanol–water partition coefficient (Wildman–Crippen LogP) is 2.56. The maximum Gasteiger partial charge on any atom is 0.265 e. The molecule has 0 saturated heterocycles. The maximum atomic E-state index is 12.3. The molecule has 1 rings (SSSR count). The minimum absolute atomic E-state index is 0.0447. The van der Waals surface area contributed by atoms with Gasteiger partial charge in [0.2, 0.25) is 0 Å². The van der Waals surface area contributed by atoms with E-state index in [1.807, 2.05) is 0 Å². The van der Waals surface area contributed by atoms with E-state index in [9.17, 15) is 8.78 Å². The van der Waals surface area contributed by atoms with Gasteiger partial charge in [-0.05, 0) is 6.92 Å². The largest absolute Gasteiger partial charge is 0.383 e. The first kappa shape index (κ1) is 9.19. The van der Waals surface area contributed by atoms with Crippen LogP contribution in [0.2, 0.25) is 5.02 Å². The first-order valence-electron chi connectivity index (χ1n) is 3.22. The van der Waals surface area contributed by atoms with Crippen LogP contribution in [0.1, 0.15) is 17.6 Å². The van der Waals surface area contributed by atoms with E-state index < -0.39 is 6.43 Å². The number of nitrogen functional groups attached to an aromatic ring is 1. The molecule has 2 N–H and O–H groups in total. The minimum atomic E-state index is -2.61. The first-order valence-corrected chi connectivity index (χ1v) is 3.60. The van der Waals surface area contributed by atoms with Gasteiger partial charge in [-0.1, -0.05) is 11.6 Å². The van der Waals surface area contributed by atoms with Gasteiger partial charge in [-0.3, -0.25) is 0 Å². The van der Waals surface area contributed by atoms with Crippen molar-refractivity contribution in [1.29, 1.82) is 0 Å². The number of alkyl halides is 2. The molecular formula is C7H7ClF2N2. The maximum absolute atomic E-state index is 12.3. The van der Waals surface area contributed by atoms with Crippen molar-refractivity contribution in [2.24, 2.45) is 0 Å². The summed E-state index contributed by atoms with van der Waals surface area (Å²) in [5.74, 6) is 0.0923. The number of rotatable bonds is 1. The Morgan fingerprint density at radius 3 is 2.58 bits per heavy atom. The van der Waals surface area contributed by atoms with Crippen molar-refractivity contribution in [2.45, 2.75) is 13.3 Å². The van der Waals surface area contributed by atoms with E-state index in [1.165, 1.54) is 6.92 Å². The average molecular weight is 193 g/mol.